The zero-order valence-electron chi connectivity index (χ0n) is 16.2. The Labute approximate surface area is 169 Å². The molecule has 4 rings (SSSR count). The van der Waals surface area contributed by atoms with Crippen LogP contribution >= 0.6 is 0 Å². The minimum Gasteiger partial charge on any atom is -0.370 e. The molecule has 0 N–H and O–H groups in total. The number of rotatable bonds is 6. The van der Waals surface area contributed by atoms with Crippen molar-refractivity contribution in [3.8, 4) is 0 Å². The molecule has 138 valence electrons. The van der Waals surface area contributed by atoms with Crippen molar-refractivity contribution < 1.29 is 0 Å². The van der Waals surface area contributed by atoms with Gasteiger partial charge in [-0.05, 0) is 17.7 Å². The molecule has 0 aromatic heterocycles. The van der Waals surface area contributed by atoms with Gasteiger partial charge in [0.05, 0.1) is 0 Å². The van der Waals surface area contributed by atoms with E-state index in [1.807, 2.05) is 0 Å². The number of hydrogen-bond acceptors (Lipinski definition) is 1. The molecule has 0 spiro atoms. The van der Waals surface area contributed by atoms with Crippen LogP contribution in [0.5, 0.6) is 0 Å². The van der Waals surface area contributed by atoms with Crippen LogP contribution in [0.25, 0.3) is 0 Å². The summed E-state index contributed by atoms with van der Waals surface area (Å²) in [7, 11) is 0.710. The van der Waals surface area contributed by atoms with Crippen LogP contribution in [-0.4, -0.2) is 15.8 Å². The van der Waals surface area contributed by atoms with Gasteiger partial charge in [-0.2, -0.15) is 0 Å². The zero-order valence-corrected chi connectivity index (χ0v) is 17.4. The Morgan fingerprint density at radius 1 is 0.536 bits per heavy atom. The molecule has 0 aliphatic carbocycles. The highest BCUT2D eigenvalue weighted by atomic mass is 28.3. The van der Waals surface area contributed by atoms with E-state index < -0.39 is 8.80 Å². The molecule has 0 aliphatic rings. The van der Waals surface area contributed by atoms with Crippen molar-refractivity contribution in [2.45, 2.75) is 6.54 Å². The van der Waals surface area contributed by atoms with Crippen LogP contribution < -0.4 is 20.5 Å². The predicted octanol–water partition coefficient (Wildman–Crippen LogP) is 3.57. The monoisotopic (exact) mass is 379 g/mol. The first-order valence-electron chi connectivity index (χ1n) is 9.76. The Morgan fingerprint density at radius 3 is 1.46 bits per heavy atom. The number of nitrogens with zero attached hydrogens (tertiary/aromatic N) is 1. The number of anilines is 1. The molecule has 0 saturated heterocycles. The van der Waals surface area contributed by atoms with Crippen molar-refractivity contribution >= 4 is 30.0 Å². The average molecular weight is 380 g/mol. The molecule has 2 heteroatoms. The fraction of sp³-hybridized carbons (Fsp3) is 0.0769. The molecule has 0 unspecified atom stereocenters. The molecule has 0 amide bonds. The van der Waals surface area contributed by atoms with Crippen LogP contribution in [0, 0.1) is 0 Å². The van der Waals surface area contributed by atoms with Gasteiger partial charge in [0.2, 0.25) is 0 Å². The lowest BCUT2D eigenvalue weighted by Crippen LogP contribution is -2.51. The molecule has 0 bridgehead atoms. The SMILES string of the molecule is CN(Cc1ccccc1)c1ccc([SiH](c2ccccc2)c2ccccc2)cc1. The molecule has 0 radical (unpaired) electrons. The van der Waals surface area contributed by atoms with Crippen LogP contribution in [0.2, 0.25) is 0 Å². The number of hydrogen-bond donors (Lipinski definition) is 0. The zero-order chi connectivity index (χ0) is 19.2. The minimum atomic E-state index is -1.45. The highest BCUT2D eigenvalue weighted by Crippen LogP contribution is 2.14. The average Bonchev–Trinajstić information content (AvgIpc) is 2.77. The van der Waals surface area contributed by atoms with Gasteiger partial charge in [-0.25, -0.2) is 0 Å². The normalized spacial score (nSPS) is 10.8. The van der Waals surface area contributed by atoms with E-state index in [-0.39, 0.29) is 0 Å². The van der Waals surface area contributed by atoms with E-state index in [2.05, 4.69) is 127 Å². The molecule has 0 heterocycles. The topological polar surface area (TPSA) is 3.24 Å². The smallest absolute Gasteiger partial charge is 0.132 e. The van der Waals surface area contributed by atoms with Gasteiger partial charge in [0, 0.05) is 19.3 Å². The minimum absolute atomic E-state index is 0.915. The molecular weight excluding hydrogens is 354 g/mol. The molecule has 28 heavy (non-hydrogen) atoms. The maximum atomic E-state index is 2.33. The third-order valence-electron chi connectivity index (χ3n) is 5.20. The van der Waals surface area contributed by atoms with E-state index >= 15 is 0 Å². The van der Waals surface area contributed by atoms with Gasteiger partial charge in [-0.1, -0.05) is 119 Å². The van der Waals surface area contributed by atoms with E-state index in [9.17, 15) is 0 Å². The van der Waals surface area contributed by atoms with Crippen LogP contribution in [0.1, 0.15) is 5.56 Å². The van der Waals surface area contributed by atoms with E-state index in [0.717, 1.165) is 6.54 Å². The first-order chi connectivity index (χ1) is 13.8. The van der Waals surface area contributed by atoms with Crippen LogP contribution in [0.15, 0.2) is 115 Å². The van der Waals surface area contributed by atoms with Gasteiger partial charge in [0.25, 0.3) is 0 Å². The van der Waals surface area contributed by atoms with Crippen molar-refractivity contribution in [1.29, 1.82) is 0 Å². The summed E-state index contributed by atoms with van der Waals surface area (Å²) in [5.74, 6) is 0. The largest absolute Gasteiger partial charge is 0.370 e. The summed E-state index contributed by atoms with van der Waals surface area (Å²) < 4.78 is 0. The first-order valence-corrected chi connectivity index (χ1v) is 11.5. The second-order valence-corrected chi connectivity index (χ2v) is 10.1. The quantitative estimate of drug-likeness (QED) is 0.366. The summed E-state index contributed by atoms with van der Waals surface area (Å²) in [4.78, 5) is 2.31. The van der Waals surface area contributed by atoms with Gasteiger partial charge in [-0.3, -0.25) is 0 Å². The fourth-order valence-electron chi connectivity index (χ4n) is 3.74. The highest BCUT2D eigenvalue weighted by molar-refractivity contribution is 6.95. The van der Waals surface area contributed by atoms with Crippen molar-refractivity contribution in [2.24, 2.45) is 0 Å². The lowest BCUT2D eigenvalue weighted by Gasteiger charge is -2.22. The molecule has 0 saturated carbocycles. The van der Waals surface area contributed by atoms with Crippen molar-refractivity contribution in [3.63, 3.8) is 0 Å². The lowest BCUT2D eigenvalue weighted by atomic mass is 10.2. The Kier molecular flexibility index (Phi) is 5.69. The van der Waals surface area contributed by atoms with Crippen molar-refractivity contribution in [1.82, 2.24) is 0 Å². The predicted molar refractivity (Wildman–Crippen MR) is 124 cm³/mol. The number of benzene rings is 4. The van der Waals surface area contributed by atoms with Gasteiger partial charge in [0.1, 0.15) is 8.80 Å². The van der Waals surface area contributed by atoms with Crippen molar-refractivity contribution in [2.75, 3.05) is 11.9 Å². The third-order valence-corrected chi connectivity index (χ3v) is 8.35. The van der Waals surface area contributed by atoms with Gasteiger partial charge in [0.15, 0.2) is 0 Å². The van der Waals surface area contributed by atoms with Crippen LogP contribution in [0.3, 0.4) is 0 Å². The first kappa shape index (κ1) is 18.3. The Balaban J connectivity index is 1.61. The molecule has 0 atom stereocenters. The van der Waals surface area contributed by atoms with Crippen LogP contribution in [0.4, 0.5) is 5.69 Å². The lowest BCUT2D eigenvalue weighted by molar-refractivity contribution is 0.923. The summed E-state index contributed by atoms with van der Waals surface area (Å²) in [6.07, 6.45) is 0. The third kappa shape index (κ3) is 4.24. The molecular formula is C26H25NSi. The van der Waals surface area contributed by atoms with Crippen molar-refractivity contribution in [3.05, 3.63) is 121 Å². The molecule has 0 fully saturated rings. The van der Waals surface area contributed by atoms with E-state index in [1.165, 1.54) is 26.8 Å². The summed E-state index contributed by atoms with van der Waals surface area (Å²) in [5.41, 5.74) is 2.58. The van der Waals surface area contributed by atoms with E-state index in [1.54, 1.807) is 0 Å². The van der Waals surface area contributed by atoms with Gasteiger partial charge >= 0.3 is 0 Å². The highest BCUT2D eigenvalue weighted by Gasteiger charge is 2.18. The molecule has 1 nitrogen and oxygen atoms in total. The van der Waals surface area contributed by atoms with Gasteiger partial charge in [-0.15, -0.1) is 0 Å². The Bertz CT molecular complexity index is 943. The van der Waals surface area contributed by atoms with Crippen LogP contribution in [-0.2, 0) is 6.54 Å². The summed E-state index contributed by atoms with van der Waals surface area (Å²) in [5, 5.41) is 4.37. The standard InChI is InChI=1S/C26H25NSi/c1-27(21-22-11-5-2-6-12-22)23-17-19-26(20-18-23)28(24-13-7-3-8-14-24)25-15-9-4-10-16-25/h2-20,28H,21H2,1H3. The van der Waals surface area contributed by atoms with Gasteiger partial charge < -0.3 is 4.90 Å². The molecule has 0 aliphatic heterocycles. The molecule has 4 aromatic carbocycles. The maximum absolute atomic E-state index is 2.33. The summed E-state index contributed by atoms with van der Waals surface area (Å²) in [6, 6.07) is 41.7. The van der Waals surface area contributed by atoms with E-state index in [4.69, 9.17) is 0 Å². The fourth-order valence-corrected chi connectivity index (χ4v) is 6.68. The summed E-state index contributed by atoms with van der Waals surface area (Å²) in [6.45, 7) is 0.915. The summed E-state index contributed by atoms with van der Waals surface area (Å²) >= 11 is 0. The van der Waals surface area contributed by atoms with E-state index in [0.29, 0.717) is 0 Å². The second kappa shape index (κ2) is 8.72. The Morgan fingerprint density at radius 2 is 0.964 bits per heavy atom. The maximum Gasteiger partial charge on any atom is 0.132 e. The molecule has 4 aromatic rings. The Hall–Kier alpha value is -3.10. The second-order valence-electron chi connectivity index (χ2n) is 7.19.